The monoisotopic (exact) mass is 309 g/mol. The van der Waals surface area contributed by atoms with Crippen LogP contribution in [0.2, 0.25) is 0 Å². The van der Waals surface area contributed by atoms with Crippen molar-refractivity contribution in [3.63, 3.8) is 0 Å². The number of carbonyl (C=O) groups is 2. The van der Waals surface area contributed by atoms with Crippen molar-refractivity contribution >= 4 is 33.5 Å². The summed E-state index contributed by atoms with van der Waals surface area (Å²) in [5, 5.41) is 11.4. The van der Waals surface area contributed by atoms with Crippen LogP contribution < -0.4 is 5.32 Å². The first-order valence-electron chi connectivity index (χ1n) is 4.95. The summed E-state index contributed by atoms with van der Waals surface area (Å²) in [7, 11) is 0. The number of hydrogen-bond acceptors (Lipinski definition) is 3. The number of halogens is 1. The molecule has 0 aliphatic heterocycles. The molecular weight excluding hydrogens is 302 g/mol. The molecule has 0 saturated carbocycles. The Kier molecular flexibility index (Phi) is 3.47. The predicted octanol–water partition coefficient (Wildman–Crippen LogP) is 2.99. The fraction of sp³-hybridized carbons (Fsp3) is 0. The summed E-state index contributed by atoms with van der Waals surface area (Å²) < 4.78 is 5.30. The molecule has 2 aromatic rings. The molecule has 1 heterocycles. The van der Waals surface area contributed by atoms with Crippen molar-refractivity contribution in [3.05, 3.63) is 52.4 Å². The van der Waals surface area contributed by atoms with E-state index in [0.29, 0.717) is 15.9 Å². The lowest BCUT2D eigenvalue weighted by Crippen LogP contribution is -2.11. The van der Waals surface area contributed by atoms with E-state index >= 15 is 0 Å². The Morgan fingerprint density at radius 2 is 1.83 bits per heavy atom. The average Bonchev–Trinajstić information content (AvgIpc) is 2.76. The van der Waals surface area contributed by atoms with Crippen LogP contribution in [0.5, 0.6) is 0 Å². The van der Waals surface area contributed by atoms with Gasteiger partial charge in [0.05, 0.1) is 17.4 Å². The molecule has 18 heavy (non-hydrogen) atoms. The summed E-state index contributed by atoms with van der Waals surface area (Å²) in [6.45, 7) is 0. The minimum absolute atomic E-state index is 0.164. The van der Waals surface area contributed by atoms with Gasteiger partial charge in [-0.3, -0.25) is 4.79 Å². The normalized spacial score (nSPS) is 10.1. The van der Waals surface area contributed by atoms with Crippen molar-refractivity contribution in [1.82, 2.24) is 0 Å². The third-order valence-corrected chi connectivity index (χ3v) is 2.87. The summed E-state index contributed by atoms with van der Waals surface area (Å²) in [6.07, 6.45) is 1.40. The Hall–Kier alpha value is -2.08. The average molecular weight is 310 g/mol. The van der Waals surface area contributed by atoms with E-state index in [1.807, 2.05) is 0 Å². The lowest BCUT2D eigenvalue weighted by Gasteiger charge is -2.04. The molecule has 0 fully saturated rings. The van der Waals surface area contributed by atoms with Gasteiger partial charge in [0.1, 0.15) is 0 Å². The van der Waals surface area contributed by atoms with Gasteiger partial charge in [0.2, 0.25) is 0 Å². The molecule has 0 radical (unpaired) electrons. The Balaban J connectivity index is 2.13. The van der Waals surface area contributed by atoms with E-state index in [-0.39, 0.29) is 11.5 Å². The number of furan rings is 1. The van der Waals surface area contributed by atoms with Crippen LogP contribution in [0.15, 0.2) is 45.7 Å². The highest BCUT2D eigenvalue weighted by molar-refractivity contribution is 9.10. The molecule has 1 amide bonds. The van der Waals surface area contributed by atoms with Gasteiger partial charge in [-0.25, -0.2) is 4.79 Å². The molecule has 2 N–H and O–H groups in total. The number of carboxylic acid groups (broad SMARTS) is 1. The zero-order valence-corrected chi connectivity index (χ0v) is 10.6. The van der Waals surface area contributed by atoms with Gasteiger partial charge in [0, 0.05) is 5.69 Å². The summed E-state index contributed by atoms with van der Waals surface area (Å²) in [6, 6.07) is 7.42. The number of carbonyl (C=O) groups excluding carboxylic acids is 1. The molecule has 0 aliphatic carbocycles. The topological polar surface area (TPSA) is 79.5 Å². The molecule has 0 saturated heterocycles. The van der Waals surface area contributed by atoms with Crippen molar-refractivity contribution < 1.29 is 19.1 Å². The second-order valence-electron chi connectivity index (χ2n) is 3.44. The maximum absolute atomic E-state index is 11.8. The zero-order valence-electron chi connectivity index (χ0n) is 9.01. The molecule has 92 valence electrons. The quantitative estimate of drug-likeness (QED) is 0.913. The molecule has 0 spiro atoms. The van der Waals surface area contributed by atoms with Crippen LogP contribution in [0.3, 0.4) is 0 Å². The number of nitrogens with one attached hydrogen (secondary N) is 1. The Labute approximate surface area is 111 Å². The number of aromatic carboxylic acids is 1. The highest BCUT2D eigenvalue weighted by Gasteiger charge is 2.12. The van der Waals surface area contributed by atoms with Crippen LogP contribution in [-0.4, -0.2) is 17.0 Å². The molecule has 5 nitrogen and oxygen atoms in total. The first-order valence-corrected chi connectivity index (χ1v) is 5.75. The van der Waals surface area contributed by atoms with Crippen LogP contribution in [0.4, 0.5) is 5.69 Å². The second-order valence-corrected chi connectivity index (χ2v) is 4.16. The summed E-state index contributed by atoms with van der Waals surface area (Å²) >= 11 is 3.11. The van der Waals surface area contributed by atoms with Gasteiger partial charge in [-0.15, -0.1) is 0 Å². The molecule has 0 unspecified atom stereocenters. The smallest absolute Gasteiger partial charge is 0.335 e. The fourth-order valence-corrected chi connectivity index (χ4v) is 1.77. The Morgan fingerprint density at radius 1 is 1.17 bits per heavy atom. The van der Waals surface area contributed by atoms with Crippen molar-refractivity contribution in [2.75, 3.05) is 5.32 Å². The van der Waals surface area contributed by atoms with Crippen molar-refractivity contribution in [2.24, 2.45) is 0 Å². The first kappa shape index (κ1) is 12.4. The van der Waals surface area contributed by atoms with Crippen LogP contribution >= 0.6 is 15.9 Å². The number of hydrogen-bond donors (Lipinski definition) is 2. The maximum Gasteiger partial charge on any atom is 0.335 e. The van der Waals surface area contributed by atoms with Gasteiger partial charge in [-0.1, -0.05) is 0 Å². The van der Waals surface area contributed by atoms with Gasteiger partial charge in [0.25, 0.3) is 5.91 Å². The Morgan fingerprint density at radius 3 is 2.33 bits per heavy atom. The summed E-state index contributed by atoms with van der Waals surface area (Å²) in [5.74, 6) is -1.34. The summed E-state index contributed by atoms with van der Waals surface area (Å²) in [4.78, 5) is 22.5. The van der Waals surface area contributed by atoms with Gasteiger partial charge in [-0.2, -0.15) is 0 Å². The van der Waals surface area contributed by atoms with Crippen molar-refractivity contribution in [3.8, 4) is 0 Å². The minimum Gasteiger partial charge on any atom is -0.478 e. The zero-order chi connectivity index (χ0) is 13.1. The van der Waals surface area contributed by atoms with Crippen molar-refractivity contribution in [2.45, 2.75) is 0 Å². The third-order valence-electron chi connectivity index (χ3n) is 2.25. The molecule has 1 aromatic carbocycles. The number of carboxylic acids is 1. The molecule has 1 aromatic heterocycles. The Bertz CT molecular complexity index is 588. The molecule has 0 bridgehead atoms. The molecule has 6 heteroatoms. The van der Waals surface area contributed by atoms with E-state index in [2.05, 4.69) is 21.2 Å². The van der Waals surface area contributed by atoms with Gasteiger partial charge < -0.3 is 14.8 Å². The lowest BCUT2D eigenvalue weighted by molar-refractivity contribution is 0.0696. The van der Waals surface area contributed by atoms with E-state index in [1.165, 1.54) is 36.6 Å². The maximum atomic E-state index is 11.8. The number of anilines is 1. The standard InChI is InChI=1S/C12H8BrNO4/c13-10-9(5-6-18-10)11(15)14-8-3-1-7(2-4-8)12(16)17/h1-6H,(H,14,15)(H,16,17). The fourth-order valence-electron chi connectivity index (χ4n) is 1.35. The second kappa shape index (κ2) is 5.05. The highest BCUT2D eigenvalue weighted by atomic mass is 79.9. The van der Waals surface area contributed by atoms with Crippen LogP contribution in [0.25, 0.3) is 0 Å². The third kappa shape index (κ3) is 2.60. The number of amides is 1. The van der Waals surface area contributed by atoms with E-state index in [4.69, 9.17) is 9.52 Å². The number of benzene rings is 1. The first-order chi connectivity index (χ1) is 8.58. The van der Waals surface area contributed by atoms with Crippen molar-refractivity contribution in [1.29, 1.82) is 0 Å². The molecule has 0 atom stereocenters. The van der Waals surface area contributed by atoms with Crippen LogP contribution in [-0.2, 0) is 0 Å². The SMILES string of the molecule is O=C(O)c1ccc(NC(=O)c2ccoc2Br)cc1. The van der Waals surface area contributed by atoms with E-state index < -0.39 is 5.97 Å². The molecule has 2 rings (SSSR count). The molecular formula is C12H8BrNO4. The van der Waals surface area contributed by atoms with Gasteiger partial charge >= 0.3 is 5.97 Å². The van der Waals surface area contributed by atoms with Crippen LogP contribution in [0, 0.1) is 0 Å². The largest absolute Gasteiger partial charge is 0.478 e. The van der Waals surface area contributed by atoms with Crippen LogP contribution in [0.1, 0.15) is 20.7 Å². The van der Waals surface area contributed by atoms with Gasteiger partial charge in [-0.05, 0) is 46.3 Å². The highest BCUT2D eigenvalue weighted by Crippen LogP contribution is 2.19. The van der Waals surface area contributed by atoms with E-state index in [9.17, 15) is 9.59 Å². The number of rotatable bonds is 3. The lowest BCUT2D eigenvalue weighted by atomic mass is 10.2. The predicted molar refractivity (Wildman–Crippen MR) is 67.8 cm³/mol. The minimum atomic E-state index is -1.01. The van der Waals surface area contributed by atoms with E-state index in [1.54, 1.807) is 0 Å². The van der Waals surface area contributed by atoms with Gasteiger partial charge in [0.15, 0.2) is 4.67 Å². The van der Waals surface area contributed by atoms with E-state index in [0.717, 1.165) is 0 Å². The molecule has 0 aliphatic rings. The summed E-state index contributed by atoms with van der Waals surface area (Å²) in [5.41, 5.74) is 1.05.